The summed E-state index contributed by atoms with van der Waals surface area (Å²) < 4.78 is 0. The number of likely N-dealkylation sites (N-methyl/N-ethyl adjacent to an activating group) is 1. The van der Waals surface area contributed by atoms with Gasteiger partial charge in [0.2, 0.25) is 0 Å². The van der Waals surface area contributed by atoms with Gasteiger partial charge in [-0.3, -0.25) is 4.79 Å². The zero-order valence-corrected chi connectivity index (χ0v) is 9.76. The molecule has 3 rings (SSSR count). The van der Waals surface area contributed by atoms with Crippen molar-refractivity contribution in [3.63, 3.8) is 0 Å². The van der Waals surface area contributed by atoms with Gasteiger partial charge in [-0.15, -0.1) is 0 Å². The molecule has 1 N–H and O–H groups in total. The smallest absolute Gasteiger partial charge is 0.262 e. The quantitative estimate of drug-likeness (QED) is 0.724. The summed E-state index contributed by atoms with van der Waals surface area (Å²) in [6, 6.07) is 0.737. The largest absolute Gasteiger partial charge is 0.347 e. The van der Waals surface area contributed by atoms with Crippen LogP contribution >= 0.6 is 11.6 Å². The lowest BCUT2D eigenvalue weighted by molar-refractivity contribution is -0.119. The van der Waals surface area contributed by atoms with Crippen LogP contribution in [0.4, 0.5) is 0 Å². The van der Waals surface area contributed by atoms with Crippen LogP contribution in [0, 0.1) is 5.92 Å². The van der Waals surface area contributed by atoms with Gasteiger partial charge in [-0.05, 0) is 32.2 Å². The van der Waals surface area contributed by atoms with Gasteiger partial charge in [0.1, 0.15) is 0 Å². The zero-order chi connectivity index (χ0) is 11.0. The Labute approximate surface area is 95.5 Å². The lowest BCUT2D eigenvalue weighted by atomic mass is 9.77. The highest BCUT2D eigenvalue weighted by Gasteiger charge is 2.39. The zero-order valence-electron chi connectivity index (χ0n) is 9.00. The SMILES string of the molecule is C=C(Cl)C(=O)NC1CC2CCC1N(C)C2. The van der Waals surface area contributed by atoms with Crippen LogP contribution in [-0.2, 0) is 4.79 Å². The van der Waals surface area contributed by atoms with Gasteiger partial charge in [0.05, 0.1) is 5.03 Å². The molecule has 3 nitrogen and oxygen atoms in total. The van der Waals surface area contributed by atoms with E-state index in [1.54, 1.807) is 0 Å². The Morgan fingerprint density at radius 3 is 2.80 bits per heavy atom. The second kappa shape index (κ2) is 4.14. The number of amides is 1. The lowest BCUT2D eigenvalue weighted by Gasteiger charge is -2.48. The van der Waals surface area contributed by atoms with Crippen molar-refractivity contribution in [3.8, 4) is 0 Å². The molecule has 1 saturated carbocycles. The number of rotatable bonds is 2. The topological polar surface area (TPSA) is 32.3 Å². The minimum absolute atomic E-state index is 0.0825. The summed E-state index contributed by atoms with van der Waals surface area (Å²) in [7, 11) is 2.13. The molecular weight excluding hydrogens is 212 g/mol. The molecule has 1 aliphatic carbocycles. The predicted molar refractivity (Wildman–Crippen MR) is 60.7 cm³/mol. The average Bonchev–Trinajstić information content (AvgIpc) is 2.17. The number of nitrogens with one attached hydrogen (secondary N) is 1. The second-order valence-electron chi connectivity index (χ2n) is 4.67. The van der Waals surface area contributed by atoms with Gasteiger partial charge in [0.15, 0.2) is 0 Å². The molecule has 0 radical (unpaired) electrons. The first-order chi connectivity index (χ1) is 7.08. The number of carbonyl (C=O) groups is 1. The highest BCUT2D eigenvalue weighted by Crippen LogP contribution is 2.34. The average molecular weight is 229 g/mol. The summed E-state index contributed by atoms with van der Waals surface area (Å²) in [4.78, 5) is 13.8. The van der Waals surface area contributed by atoms with Crippen molar-refractivity contribution in [2.75, 3.05) is 13.6 Å². The highest BCUT2D eigenvalue weighted by molar-refractivity contribution is 6.41. The summed E-state index contributed by atoms with van der Waals surface area (Å²) in [5, 5.41) is 3.05. The summed E-state index contributed by atoms with van der Waals surface area (Å²) >= 11 is 5.57. The van der Waals surface area contributed by atoms with Crippen LogP contribution in [0.3, 0.4) is 0 Å². The van der Waals surface area contributed by atoms with Crippen LogP contribution in [0.2, 0.25) is 0 Å². The van der Waals surface area contributed by atoms with Crippen LogP contribution < -0.4 is 5.32 Å². The third-order valence-electron chi connectivity index (χ3n) is 3.60. The minimum Gasteiger partial charge on any atom is -0.347 e. The molecule has 0 spiro atoms. The van der Waals surface area contributed by atoms with Gasteiger partial charge in [0.25, 0.3) is 5.91 Å². The molecule has 2 bridgehead atoms. The number of hydrogen-bond acceptors (Lipinski definition) is 2. The normalized spacial score (nSPS) is 35.2. The Hall–Kier alpha value is -0.540. The van der Waals surface area contributed by atoms with Crippen LogP contribution in [0.1, 0.15) is 19.3 Å². The Balaban J connectivity index is 1.99. The van der Waals surface area contributed by atoms with Crippen molar-refractivity contribution in [3.05, 3.63) is 11.6 Å². The second-order valence-corrected chi connectivity index (χ2v) is 5.13. The Morgan fingerprint density at radius 2 is 2.27 bits per heavy atom. The van der Waals surface area contributed by atoms with E-state index in [9.17, 15) is 4.79 Å². The van der Waals surface area contributed by atoms with Gasteiger partial charge in [-0.2, -0.15) is 0 Å². The Kier molecular flexibility index (Phi) is 3.03. The van der Waals surface area contributed by atoms with E-state index in [0.29, 0.717) is 6.04 Å². The Bertz CT molecular complexity index is 292. The van der Waals surface area contributed by atoms with E-state index in [2.05, 4.69) is 23.8 Å². The Morgan fingerprint density at radius 1 is 1.53 bits per heavy atom. The first kappa shape index (κ1) is 11.0. The number of hydrogen-bond donors (Lipinski definition) is 1. The van der Waals surface area contributed by atoms with Crippen molar-refractivity contribution < 1.29 is 4.79 Å². The molecule has 84 valence electrons. The summed E-state index contributed by atoms with van der Waals surface area (Å²) in [5.41, 5.74) is 0. The number of piperidine rings is 2. The highest BCUT2D eigenvalue weighted by atomic mass is 35.5. The summed E-state index contributed by atoms with van der Waals surface area (Å²) in [6.45, 7) is 4.61. The first-order valence-electron chi connectivity index (χ1n) is 5.43. The van der Waals surface area contributed by atoms with E-state index >= 15 is 0 Å². The molecule has 3 fully saturated rings. The van der Waals surface area contributed by atoms with E-state index in [4.69, 9.17) is 11.6 Å². The minimum atomic E-state index is -0.220. The molecule has 2 saturated heterocycles. The van der Waals surface area contributed by atoms with Crippen LogP contribution in [0.25, 0.3) is 0 Å². The standard InChI is InChI=1S/C11H17ClN2O/c1-7(12)11(15)13-9-5-8-3-4-10(9)14(2)6-8/h8-10H,1,3-6H2,2H3,(H,13,15). The van der Waals surface area contributed by atoms with Crippen molar-refractivity contribution in [2.45, 2.75) is 31.3 Å². The maximum Gasteiger partial charge on any atom is 0.262 e. The molecule has 4 heteroatoms. The third-order valence-corrected chi connectivity index (χ3v) is 3.77. The van der Waals surface area contributed by atoms with Crippen molar-refractivity contribution in [2.24, 2.45) is 5.92 Å². The molecular formula is C11H17ClN2O. The van der Waals surface area contributed by atoms with Gasteiger partial charge in [0, 0.05) is 18.6 Å². The van der Waals surface area contributed by atoms with E-state index in [1.165, 1.54) is 19.4 Å². The first-order valence-corrected chi connectivity index (χ1v) is 5.81. The summed E-state index contributed by atoms with van der Waals surface area (Å²) in [6.07, 6.45) is 3.56. The molecule has 0 aromatic carbocycles. The molecule has 15 heavy (non-hydrogen) atoms. The summed E-state index contributed by atoms with van der Waals surface area (Å²) in [5.74, 6) is 0.511. The van der Waals surface area contributed by atoms with E-state index < -0.39 is 0 Å². The van der Waals surface area contributed by atoms with E-state index in [-0.39, 0.29) is 17.0 Å². The van der Waals surface area contributed by atoms with Crippen molar-refractivity contribution in [1.29, 1.82) is 0 Å². The molecule has 2 heterocycles. The maximum atomic E-state index is 11.4. The monoisotopic (exact) mass is 228 g/mol. The lowest BCUT2D eigenvalue weighted by Crippen LogP contribution is -2.59. The van der Waals surface area contributed by atoms with Gasteiger partial charge in [-0.25, -0.2) is 0 Å². The van der Waals surface area contributed by atoms with Gasteiger partial charge >= 0.3 is 0 Å². The van der Waals surface area contributed by atoms with Crippen molar-refractivity contribution in [1.82, 2.24) is 10.2 Å². The van der Waals surface area contributed by atoms with Gasteiger partial charge < -0.3 is 10.2 Å². The van der Waals surface area contributed by atoms with Crippen LogP contribution in [0.15, 0.2) is 11.6 Å². The van der Waals surface area contributed by atoms with Crippen molar-refractivity contribution >= 4 is 17.5 Å². The fourth-order valence-corrected chi connectivity index (χ4v) is 2.93. The molecule has 2 aliphatic heterocycles. The van der Waals surface area contributed by atoms with E-state index in [1.807, 2.05) is 0 Å². The molecule has 3 unspecified atom stereocenters. The number of halogens is 1. The maximum absolute atomic E-state index is 11.4. The fourth-order valence-electron chi connectivity index (χ4n) is 2.88. The molecule has 0 aromatic rings. The number of carbonyl (C=O) groups excluding carboxylic acids is 1. The van der Waals surface area contributed by atoms with Gasteiger partial charge in [-0.1, -0.05) is 18.2 Å². The molecule has 3 aliphatic rings. The fraction of sp³-hybridized carbons (Fsp3) is 0.727. The molecule has 0 aromatic heterocycles. The van der Waals surface area contributed by atoms with Crippen LogP contribution in [0.5, 0.6) is 0 Å². The van der Waals surface area contributed by atoms with Crippen LogP contribution in [-0.4, -0.2) is 36.5 Å². The predicted octanol–water partition coefficient (Wildman–Crippen LogP) is 1.34. The number of fused-ring (bicyclic) bond motifs is 3. The number of nitrogens with zero attached hydrogens (tertiary/aromatic N) is 1. The molecule has 3 atom stereocenters. The molecule has 1 amide bonds. The third kappa shape index (κ3) is 2.18. The van der Waals surface area contributed by atoms with E-state index in [0.717, 1.165) is 12.3 Å².